The van der Waals surface area contributed by atoms with Crippen molar-refractivity contribution in [3.05, 3.63) is 23.8 Å². The topological polar surface area (TPSA) is 81.4 Å². The third-order valence-electron chi connectivity index (χ3n) is 3.48. The fourth-order valence-corrected chi connectivity index (χ4v) is 3.57. The maximum absolute atomic E-state index is 11.9. The van der Waals surface area contributed by atoms with E-state index >= 15 is 0 Å². The monoisotopic (exact) mass is 310 g/mol. The minimum absolute atomic E-state index is 0.105. The predicted octanol–water partition coefficient (Wildman–Crippen LogP) is 1.83. The summed E-state index contributed by atoms with van der Waals surface area (Å²) in [7, 11) is -1.00. The van der Waals surface area contributed by atoms with E-state index in [2.05, 4.69) is 5.32 Å². The lowest BCUT2D eigenvalue weighted by Gasteiger charge is -2.10. The molecule has 2 unspecified atom stereocenters. The molecule has 3 N–H and O–H groups in total. The molecule has 5 nitrogen and oxygen atoms in total. The number of nitrogens with one attached hydrogen (secondary N) is 1. The number of ether oxygens (including phenoxy) is 1. The highest BCUT2D eigenvalue weighted by atomic mass is 32.2. The Morgan fingerprint density at radius 3 is 3.00 bits per heavy atom. The number of hydrogen-bond acceptors (Lipinski definition) is 4. The molecule has 0 aromatic heterocycles. The molecular weight excluding hydrogens is 288 g/mol. The summed E-state index contributed by atoms with van der Waals surface area (Å²) in [5, 5.41) is 2.83. The highest BCUT2D eigenvalue weighted by Crippen LogP contribution is 2.18. The number of rotatable bonds is 6. The number of anilines is 2. The standard InChI is InChI=1S/C15H22N2O3S/c1-11-9-12(16)4-5-14(11)17-15(18)6-8-21(19)10-13-3-2-7-20-13/h4-5,9,13H,2-3,6-8,10,16H2,1H3,(H,17,18). The lowest BCUT2D eigenvalue weighted by Crippen LogP contribution is -2.21. The number of nitrogen functional groups attached to an aromatic ring is 1. The minimum atomic E-state index is -1.00. The summed E-state index contributed by atoms with van der Waals surface area (Å²) >= 11 is 0. The molecule has 2 rings (SSSR count). The molecule has 1 aromatic carbocycles. The van der Waals surface area contributed by atoms with Gasteiger partial charge in [-0.2, -0.15) is 0 Å². The Morgan fingerprint density at radius 2 is 2.33 bits per heavy atom. The van der Waals surface area contributed by atoms with E-state index in [1.807, 2.05) is 13.0 Å². The second-order valence-electron chi connectivity index (χ2n) is 5.32. The molecule has 1 aromatic rings. The lowest BCUT2D eigenvalue weighted by atomic mass is 10.2. The third-order valence-corrected chi connectivity index (χ3v) is 4.88. The average molecular weight is 310 g/mol. The minimum Gasteiger partial charge on any atom is -0.399 e. The van der Waals surface area contributed by atoms with Crippen LogP contribution in [0.15, 0.2) is 18.2 Å². The zero-order chi connectivity index (χ0) is 15.2. The van der Waals surface area contributed by atoms with E-state index in [0.717, 1.165) is 30.7 Å². The van der Waals surface area contributed by atoms with Gasteiger partial charge in [-0.15, -0.1) is 0 Å². The maximum atomic E-state index is 11.9. The average Bonchev–Trinajstić information content (AvgIpc) is 2.92. The van der Waals surface area contributed by atoms with Crippen LogP contribution in [0.1, 0.15) is 24.8 Å². The molecule has 0 bridgehead atoms. The summed E-state index contributed by atoms with van der Waals surface area (Å²) in [4.78, 5) is 11.9. The summed E-state index contributed by atoms with van der Waals surface area (Å²) in [6, 6.07) is 5.34. The van der Waals surface area contributed by atoms with E-state index in [1.165, 1.54) is 0 Å². The van der Waals surface area contributed by atoms with Crippen LogP contribution in [-0.4, -0.2) is 34.3 Å². The van der Waals surface area contributed by atoms with Gasteiger partial charge in [0.25, 0.3) is 0 Å². The molecule has 1 saturated heterocycles. The molecule has 1 fully saturated rings. The van der Waals surface area contributed by atoms with Gasteiger partial charge in [0.15, 0.2) is 0 Å². The van der Waals surface area contributed by atoms with Crippen LogP contribution in [0.25, 0.3) is 0 Å². The molecular formula is C15H22N2O3S. The normalized spacial score (nSPS) is 19.4. The number of nitrogens with two attached hydrogens (primary N) is 1. The Morgan fingerprint density at radius 1 is 1.52 bits per heavy atom. The van der Waals surface area contributed by atoms with Crippen molar-refractivity contribution in [2.24, 2.45) is 0 Å². The van der Waals surface area contributed by atoms with Gasteiger partial charge in [0.2, 0.25) is 5.91 Å². The van der Waals surface area contributed by atoms with Crippen molar-refractivity contribution >= 4 is 28.1 Å². The third kappa shape index (κ3) is 5.13. The first-order chi connectivity index (χ1) is 10.0. The molecule has 0 spiro atoms. The number of benzene rings is 1. The molecule has 116 valence electrons. The van der Waals surface area contributed by atoms with Gasteiger partial charge in [-0.05, 0) is 43.5 Å². The molecule has 0 radical (unpaired) electrons. The molecule has 1 aliphatic rings. The molecule has 2 atom stereocenters. The van der Waals surface area contributed by atoms with Crippen molar-refractivity contribution in [1.29, 1.82) is 0 Å². The summed E-state index contributed by atoms with van der Waals surface area (Å²) in [5.41, 5.74) is 8.01. The fraction of sp³-hybridized carbons (Fsp3) is 0.533. The Balaban J connectivity index is 1.75. The number of amides is 1. The van der Waals surface area contributed by atoms with Crippen LogP contribution in [0.3, 0.4) is 0 Å². The van der Waals surface area contributed by atoms with Crippen molar-refractivity contribution in [2.75, 3.05) is 29.2 Å². The van der Waals surface area contributed by atoms with Gasteiger partial charge in [0.1, 0.15) is 0 Å². The SMILES string of the molecule is Cc1cc(N)ccc1NC(=O)CCS(=O)CC1CCCO1. The number of hydrogen-bond donors (Lipinski definition) is 2. The van der Waals surface area contributed by atoms with Crippen LogP contribution >= 0.6 is 0 Å². The fourth-order valence-electron chi connectivity index (χ4n) is 2.31. The zero-order valence-electron chi connectivity index (χ0n) is 12.3. The van der Waals surface area contributed by atoms with Crippen molar-refractivity contribution in [2.45, 2.75) is 32.3 Å². The first-order valence-electron chi connectivity index (χ1n) is 7.17. The van der Waals surface area contributed by atoms with Gasteiger partial charge < -0.3 is 15.8 Å². The quantitative estimate of drug-likeness (QED) is 0.786. The lowest BCUT2D eigenvalue weighted by molar-refractivity contribution is -0.115. The van der Waals surface area contributed by atoms with Crippen LogP contribution in [0.5, 0.6) is 0 Å². The van der Waals surface area contributed by atoms with E-state index in [4.69, 9.17) is 10.5 Å². The first-order valence-corrected chi connectivity index (χ1v) is 8.66. The molecule has 1 amide bonds. The van der Waals surface area contributed by atoms with E-state index in [1.54, 1.807) is 12.1 Å². The molecule has 6 heteroatoms. The highest BCUT2D eigenvalue weighted by Gasteiger charge is 2.18. The van der Waals surface area contributed by atoms with E-state index in [-0.39, 0.29) is 18.4 Å². The Bertz CT molecular complexity index is 528. The summed E-state index contributed by atoms with van der Waals surface area (Å²) < 4.78 is 17.3. The molecule has 0 saturated carbocycles. The Kier molecular flexibility index (Phi) is 5.76. The van der Waals surface area contributed by atoms with Gasteiger partial charge in [-0.1, -0.05) is 0 Å². The van der Waals surface area contributed by atoms with Gasteiger partial charge in [-0.25, -0.2) is 0 Å². The van der Waals surface area contributed by atoms with E-state index in [9.17, 15) is 9.00 Å². The molecule has 1 aliphatic heterocycles. The van der Waals surface area contributed by atoms with Crippen molar-refractivity contribution < 1.29 is 13.7 Å². The summed E-state index contributed by atoms with van der Waals surface area (Å²) in [6.45, 7) is 2.65. The van der Waals surface area contributed by atoms with Crippen molar-refractivity contribution in [3.8, 4) is 0 Å². The molecule has 21 heavy (non-hydrogen) atoms. The van der Waals surface area contributed by atoms with Gasteiger partial charge in [0, 0.05) is 46.7 Å². The van der Waals surface area contributed by atoms with Crippen LogP contribution in [0.4, 0.5) is 11.4 Å². The summed E-state index contributed by atoms with van der Waals surface area (Å²) in [5.74, 6) is 0.789. The second kappa shape index (κ2) is 7.56. The second-order valence-corrected chi connectivity index (χ2v) is 6.94. The van der Waals surface area contributed by atoms with E-state index in [0.29, 0.717) is 17.2 Å². The van der Waals surface area contributed by atoms with Gasteiger partial charge in [-0.3, -0.25) is 9.00 Å². The van der Waals surface area contributed by atoms with Crippen LogP contribution in [0.2, 0.25) is 0 Å². The number of carbonyl (C=O) groups excluding carboxylic acids is 1. The van der Waals surface area contributed by atoms with Crippen molar-refractivity contribution in [1.82, 2.24) is 0 Å². The Labute approximate surface area is 127 Å². The largest absolute Gasteiger partial charge is 0.399 e. The highest BCUT2D eigenvalue weighted by molar-refractivity contribution is 7.85. The predicted molar refractivity (Wildman–Crippen MR) is 85.7 cm³/mol. The number of carbonyl (C=O) groups is 1. The van der Waals surface area contributed by atoms with Crippen LogP contribution in [0, 0.1) is 6.92 Å². The van der Waals surface area contributed by atoms with Crippen LogP contribution < -0.4 is 11.1 Å². The van der Waals surface area contributed by atoms with Crippen molar-refractivity contribution in [3.63, 3.8) is 0 Å². The molecule has 0 aliphatic carbocycles. The van der Waals surface area contributed by atoms with E-state index < -0.39 is 10.8 Å². The zero-order valence-corrected chi connectivity index (χ0v) is 13.1. The Hall–Kier alpha value is -1.40. The first kappa shape index (κ1) is 16.0. The number of aryl methyl sites for hydroxylation is 1. The maximum Gasteiger partial charge on any atom is 0.225 e. The smallest absolute Gasteiger partial charge is 0.225 e. The van der Waals surface area contributed by atoms with Gasteiger partial charge >= 0.3 is 0 Å². The van der Waals surface area contributed by atoms with Crippen LogP contribution in [-0.2, 0) is 20.3 Å². The molecule has 1 heterocycles. The van der Waals surface area contributed by atoms with Gasteiger partial charge in [0.05, 0.1) is 6.10 Å². The summed E-state index contributed by atoms with van der Waals surface area (Å²) in [6.07, 6.45) is 2.37.